The number of fused-ring (bicyclic) bond motifs is 2. The van der Waals surface area contributed by atoms with E-state index in [1.54, 1.807) is 18.2 Å². The number of nitrogens with one attached hydrogen (secondary N) is 1. The highest BCUT2D eigenvalue weighted by Crippen LogP contribution is 2.33. The van der Waals surface area contributed by atoms with Gasteiger partial charge in [0.2, 0.25) is 17.7 Å². The lowest BCUT2D eigenvalue weighted by molar-refractivity contribution is -0.131. The van der Waals surface area contributed by atoms with Crippen molar-refractivity contribution < 1.29 is 28.2 Å². The fourth-order valence-electron chi connectivity index (χ4n) is 4.16. The van der Waals surface area contributed by atoms with Crippen molar-refractivity contribution in [2.24, 2.45) is 0 Å². The fourth-order valence-corrected chi connectivity index (χ4v) is 4.16. The van der Waals surface area contributed by atoms with Crippen molar-refractivity contribution in [3.05, 3.63) is 30.4 Å². The van der Waals surface area contributed by atoms with Gasteiger partial charge in [0.1, 0.15) is 23.7 Å². The van der Waals surface area contributed by atoms with Crippen LogP contribution in [0.25, 0.3) is 27.7 Å². The normalized spacial score (nSPS) is 20.5. The van der Waals surface area contributed by atoms with Crippen molar-refractivity contribution in [3.63, 3.8) is 0 Å². The van der Waals surface area contributed by atoms with E-state index in [1.807, 2.05) is 0 Å². The highest BCUT2D eigenvalue weighted by atomic mass is 19.3. The average Bonchev–Trinajstić information content (AvgIpc) is 3.43. The van der Waals surface area contributed by atoms with Crippen LogP contribution in [0.5, 0.6) is 5.88 Å². The standard InChI is InChI=1S/C22H23F3N8O2/c1-12(34)31-7-6-16(15(23)10-31)26-22-27-21(35-2)20-14(5-8-32(20)29-22)13-3-4-17-18(9-13)33(30-28-17)11-19(24)25/h3-5,8-9,15-16,19H,6-7,10-11H2,1-2H3,(H,26,29)/t15-,16+/m1/s1/i1D3,8D. The van der Waals surface area contributed by atoms with Crippen LogP contribution in [-0.4, -0.2) is 79.2 Å². The van der Waals surface area contributed by atoms with E-state index in [2.05, 4.69) is 25.7 Å². The molecule has 1 N–H and O–H groups in total. The fraction of sp³-hybridized carbons (Fsp3) is 0.409. The van der Waals surface area contributed by atoms with Gasteiger partial charge in [0.25, 0.3) is 6.43 Å². The molecule has 1 aliphatic heterocycles. The molecule has 10 nitrogen and oxygen atoms in total. The lowest BCUT2D eigenvalue weighted by Crippen LogP contribution is -2.49. The van der Waals surface area contributed by atoms with Gasteiger partial charge in [-0.25, -0.2) is 22.4 Å². The number of amides is 1. The first kappa shape index (κ1) is 18.4. The lowest BCUT2D eigenvalue weighted by atomic mass is 10.0. The maximum Gasteiger partial charge on any atom is 0.258 e. The topological polar surface area (TPSA) is 102 Å². The molecule has 1 fully saturated rings. The number of hydrogen-bond donors (Lipinski definition) is 1. The Hall–Kier alpha value is -3.90. The zero-order chi connectivity index (χ0) is 28.1. The maximum absolute atomic E-state index is 14.9. The molecule has 1 saturated heterocycles. The third-order valence-corrected chi connectivity index (χ3v) is 5.88. The number of anilines is 1. The third-order valence-electron chi connectivity index (χ3n) is 5.88. The SMILES string of the molecule is [2H]c1cc(-c2ccc3nnn(CC(F)F)c3c2)c2c(OC)nc(N[C@H]3CCN(C(=O)C([2H])([2H])[2H])C[C@H]3F)nn12. The van der Waals surface area contributed by atoms with Crippen LogP contribution in [0, 0.1) is 0 Å². The molecule has 0 aliphatic carbocycles. The summed E-state index contributed by atoms with van der Waals surface area (Å²) in [4.78, 5) is 17.3. The van der Waals surface area contributed by atoms with Crippen LogP contribution in [0.1, 0.15) is 18.8 Å². The Kier molecular flexibility index (Phi) is 4.76. The van der Waals surface area contributed by atoms with Gasteiger partial charge >= 0.3 is 0 Å². The summed E-state index contributed by atoms with van der Waals surface area (Å²) in [6.07, 6.45) is -4.15. The van der Waals surface area contributed by atoms with Crippen molar-refractivity contribution in [2.45, 2.75) is 38.5 Å². The molecule has 0 unspecified atom stereocenters. The minimum Gasteiger partial charge on any atom is -0.479 e. The maximum atomic E-state index is 14.9. The number of alkyl halides is 3. The molecule has 35 heavy (non-hydrogen) atoms. The number of piperidine rings is 1. The molecular weight excluding hydrogens is 465 g/mol. The summed E-state index contributed by atoms with van der Waals surface area (Å²) in [7, 11) is 1.37. The van der Waals surface area contributed by atoms with E-state index in [0.717, 1.165) is 9.58 Å². The molecule has 1 aliphatic rings. The van der Waals surface area contributed by atoms with Crippen molar-refractivity contribution in [1.82, 2.24) is 34.5 Å². The summed E-state index contributed by atoms with van der Waals surface area (Å²) in [5, 5.41) is 14.9. The minimum absolute atomic E-state index is 0.0333. The summed E-state index contributed by atoms with van der Waals surface area (Å²) in [5.74, 6) is -1.06. The Labute approximate surface area is 203 Å². The Morgan fingerprint density at radius 1 is 1.40 bits per heavy atom. The summed E-state index contributed by atoms with van der Waals surface area (Å²) in [5.41, 5.74) is 2.20. The Morgan fingerprint density at radius 2 is 2.26 bits per heavy atom. The number of carbonyl (C=O) groups is 1. The zero-order valence-corrected chi connectivity index (χ0v) is 18.5. The van der Waals surface area contributed by atoms with E-state index in [1.165, 1.54) is 17.7 Å². The van der Waals surface area contributed by atoms with Gasteiger partial charge < -0.3 is 15.0 Å². The molecule has 1 amide bonds. The molecule has 3 aromatic heterocycles. The van der Waals surface area contributed by atoms with Gasteiger partial charge in [-0.2, -0.15) is 4.98 Å². The van der Waals surface area contributed by atoms with Crippen molar-refractivity contribution in [3.8, 4) is 17.0 Å². The Balaban J connectivity index is 1.45. The van der Waals surface area contributed by atoms with Crippen LogP contribution >= 0.6 is 0 Å². The molecule has 4 aromatic rings. The van der Waals surface area contributed by atoms with Crippen LogP contribution < -0.4 is 10.1 Å². The van der Waals surface area contributed by atoms with E-state index in [0.29, 0.717) is 27.7 Å². The van der Waals surface area contributed by atoms with Crippen molar-refractivity contribution in [2.75, 3.05) is 25.5 Å². The molecule has 184 valence electrons. The van der Waals surface area contributed by atoms with Crippen LogP contribution in [-0.2, 0) is 11.3 Å². The van der Waals surface area contributed by atoms with Crippen molar-refractivity contribution >= 4 is 28.4 Å². The van der Waals surface area contributed by atoms with E-state index >= 15 is 0 Å². The van der Waals surface area contributed by atoms with Crippen molar-refractivity contribution in [1.29, 1.82) is 0 Å². The van der Waals surface area contributed by atoms with Crippen LogP contribution in [0.2, 0.25) is 0 Å². The van der Waals surface area contributed by atoms with Gasteiger partial charge in [0.05, 0.1) is 26.6 Å². The predicted molar refractivity (Wildman–Crippen MR) is 121 cm³/mol. The largest absolute Gasteiger partial charge is 0.479 e. The molecular formula is C22H23F3N8O2. The van der Waals surface area contributed by atoms with Gasteiger partial charge in [0.15, 0.2) is 0 Å². The number of hydrogen-bond acceptors (Lipinski definition) is 7. The molecule has 4 heterocycles. The summed E-state index contributed by atoms with van der Waals surface area (Å²) >= 11 is 0. The number of carbonyl (C=O) groups excluding carboxylic acids is 1. The second kappa shape index (κ2) is 9.04. The smallest absolute Gasteiger partial charge is 0.258 e. The predicted octanol–water partition coefficient (Wildman–Crippen LogP) is 2.79. The first-order valence-corrected chi connectivity index (χ1v) is 10.7. The van der Waals surface area contributed by atoms with Gasteiger partial charge in [-0.05, 0) is 30.2 Å². The quantitative estimate of drug-likeness (QED) is 0.442. The molecule has 0 spiro atoms. The number of likely N-dealkylation sites (tertiary alicyclic amines) is 1. The monoisotopic (exact) mass is 492 g/mol. The van der Waals surface area contributed by atoms with Gasteiger partial charge in [-0.1, -0.05) is 11.3 Å². The Morgan fingerprint density at radius 3 is 3.00 bits per heavy atom. The minimum atomic E-state index is -2.85. The molecule has 0 bridgehead atoms. The summed E-state index contributed by atoms with van der Waals surface area (Å²) < 4.78 is 78.9. The second-order valence-corrected chi connectivity index (χ2v) is 8.07. The number of rotatable bonds is 6. The lowest BCUT2D eigenvalue weighted by Gasteiger charge is -2.34. The first-order valence-electron chi connectivity index (χ1n) is 12.7. The highest BCUT2D eigenvalue weighted by molar-refractivity contribution is 5.89. The molecule has 0 saturated carbocycles. The van der Waals surface area contributed by atoms with E-state index in [-0.39, 0.29) is 31.0 Å². The molecule has 13 heteroatoms. The number of nitrogens with zero attached hydrogens (tertiary/aromatic N) is 7. The summed E-state index contributed by atoms with van der Waals surface area (Å²) in [6, 6.07) is 5.64. The Bertz CT molecular complexity index is 1540. The van der Waals surface area contributed by atoms with Crippen LogP contribution in [0.15, 0.2) is 30.4 Å². The molecule has 1 aromatic carbocycles. The van der Waals surface area contributed by atoms with Crippen LogP contribution in [0.4, 0.5) is 19.1 Å². The average molecular weight is 492 g/mol. The highest BCUT2D eigenvalue weighted by Gasteiger charge is 2.31. The number of aromatic nitrogens is 6. The second-order valence-electron chi connectivity index (χ2n) is 8.07. The van der Waals surface area contributed by atoms with Gasteiger partial charge in [0, 0.05) is 29.2 Å². The van der Waals surface area contributed by atoms with E-state index in [9.17, 15) is 18.0 Å². The third kappa shape index (κ3) is 4.33. The number of halogens is 3. The first-order chi connectivity index (χ1) is 18.5. The summed E-state index contributed by atoms with van der Waals surface area (Å²) in [6.45, 7) is -3.83. The zero-order valence-electron chi connectivity index (χ0n) is 22.5. The molecule has 0 radical (unpaired) electrons. The van der Waals surface area contributed by atoms with E-state index < -0.39 is 44.5 Å². The number of benzene rings is 1. The van der Waals surface area contributed by atoms with Gasteiger partial charge in [-0.3, -0.25) is 4.79 Å². The number of ether oxygens (including phenoxy) is 1. The molecule has 5 rings (SSSR count). The van der Waals surface area contributed by atoms with E-state index in [4.69, 9.17) is 10.2 Å². The van der Waals surface area contributed by atoms with Gasteiger partial charge in [-0.15, -0.1) is 10.2 Å². The molecule has 2 atom stereocenters. The van der Waals surface area contributed by atoms with Crippen LogP contribution in [0.3, 0.4) is 0 Å². The number of methoxy groups -OCH3 is 1.